The summed E-state index contributed by atoms with van der Waals surface area (Å²) in [6.07, 6.45) is 5.84. The molecule has 3 aromatic rings. The Balaban J connectivity index is 1.44. The molecule has 32 heavy (non-hydrogen) atoms. The van der Waals surface area contributed by atoms with Gasteiger partial charge in [-0.15, -0.1) is 0 Å². The lowest BCUT2D eigenvalue weighted by Gasteiger charge is -2.16. The molecule has 3 aromatic carbocycles. The van der Waals surface area contributed by atoms with Crippen molar-refractivity contribution < 1.29 is 19.0 Å². The second kappa shape index (κ2) is 10.4. The molecule has 0 radical (unpaired) electrons. The lowest BCUT2D eigenvalue weighted by atomic mass is 10.0. The fraction of sp³-hybridized carbons (Fsp3) is 0.333. The van der Waals surface area contributed by atoms with E-state index in [4.69, 9.17) is 14.2 Å². The number of ketones is 1. The van der Waals surface area contributed by atoms with Gasteiger partial charge < -0.3 is 14.2 Å². The largest absolute Gasteiger partial charge is 0.493 e. The van der Waals surface area contributed by atoms with Gasteiger partial charge in [-0.05, 0) is 71.8 Å². The minimum absolute atomic E-state index is 0.0379. The van der Waals surface area contributed by atoms with Gasteiger partial charge in [0.2, 0.25) is 0 Å². The molecule has 1 fully saturated rings. The van der Waals surface area contributed by atoms with Crippen LogP contribution in [0.5, 0.6) is 11.5 Å². The molecular weight excluding hydrogens is 402 g/mol. The molecule has 1 aliphatic carbocycles. The van der Waals surface area contributed by atoms with E-state index in [1.54, 1.807) is 20.4 Å². The summed E-state index contributed by atoms with van der Waals surface area (Å²) in [5, 5.41) is 2.21. The highest BCUT2D eigenvalue weighted by Gasteiger charge is 2.20. The fourth-order valence-corrected chi connectivity index (χ4v) is 4.20. The molecule has 4 rings (SSSR count). The number of carbonyl (C=O) groups excluding carboxylic acids is 1. The van der Waals surface area contributed by atoms with Crippen LogP contribution in [0.3, 0.4) is 0 Å². The van der Waals surface area contributed by atoms with E-state index in [2.05, 4.69) is 4.99 Å². The quantitative estimate of drug-likeness (QED) is 0.417. The van der Waals surface area contributed by atoms with E-state index in [1.807, 2.05) is 60.7 Å². The Kier molecular flexibility index (Phi) is 7.17. The first-order valence-electron chi connectivity index (χ1n) is 11.1. The van der Waals surface area contributed by atoms with E-state index in [1.165, 1.54) is 12.8 Å². The summed E-state index contributed by atoms with van der Waals surface area (Å²) >= 11 is 0. The molecule has 0 amide bonds. The van der Waals surface area contributed by atoms with Gasteiger partial charge in [-0.2, -0.15) is 0 Å². The van der Waals surface area contributed by atoms with Gasteiger partial charge in [0.25, 0.3) is 0 Å². The minimum atomic E-state index is -0.645. The van der Waals surface area contributed by atoms with Crippen LogP contribution >= 0.6 is 0 Å². The van der Waals surface area contributed by atoms with Crippen molar-refractivity contribution in [3.63, 3.8) is 0 Å². The number of hydrogen-bond donors (Lipinski definition) is 0. The number of Topliss-reactive ketones (excluding diaryl/α,β-unsaturated/α-hetero) is 1. The Morgan fingerprint density at radius 1 is 1.00 bits per heavy atom. The number of fused-ring (bicyclic) bond motifs is 1. The topological polar surface area (TPSA) is 57.1 Å². The van der Waals surface area contributed by atoms with Crippen LogP contribution in [0.4, 0.5) is 0 Å². The molecule has 1 aliphatic rings. The maximum absolute atomic E-state index is 12.8. The van der Waals surface area contributed by atoms with Gasteiger partial charge in [0.15, 0.2) is 17.3 Å². The van der Waals surface area contributed by atoms with Crippen molar-refractivity contribution in [2.75, 3.05) is 20.8 Å². The number of hydrogen-bond acceptors (Lipinski definition) is 5. The lowest BCUT2D eigenvalue weighted by Crippen LogP contribution is -2.17. The third-order valence-electron chi connectivity index (χ3n) is 5.88. The number of methoxy groups -OCH3 is 2. The van der Waals surface area contributed by atoms with Crippen LogP contribution in [-0.2, 0) is 9.53 Å². The molecular formula is C27H29NO4. The standard InChI is InChI=1S/C27H29NO4/c1-30-25-14-11-19(15-26(25)32-23-9-5-6-10-23)17-28-18-24(29)27(31-2)22-13-12-20-7-3-4-8-21(20)16-22/h3-4,7-8,11-17,23,27H,5-6,9-10,18H2,1-2H3. The summed E-state index contributed by atoms with van der Waals surface area (Å²) in [7, 11) is 3.19. The Bertz CT molecular complexity index is 1100. The van der Waals surface area contributed by atoms with E-state index in [9.17, 15) is 4.79 Å². The normalized spacial score (nSPS) is 15.3. The third-order valence-corrected chi connectivity index (χ3v) is 5.88. The number of aliphatic imine (C=N–C) groups is 1. The highest BCUT2D eigenvalue weighted by Crippen LogP contribution is 2.32. The van der Waals surface area contributed by atoms with Crippen LogP contribution in [-0.4, -0.2) is 38.9 Å². The molecule has 1 unspecified atom stereocenters. The number of nitrogens with zero attached hydrogens (tertiary/aromatic N) is 1. The second-order valence-corrected chi connectivity index (χ2v) is 8.09. The van der Waals surface area contributed by atoms with Crippen molar-refractivity contribution in [3.05, 3.63) is 71.8 Å². The van der Waals surface area contributed by atoms with Crippen LogP contribution in [0.25, 0.3) is 10.8 Å². The van der Waals surface area contributed by atoms with Crippen LogP contribution in [0, 0.1) is 0 Å². The SMILES string of the molecule is COc1ccc(C=NCC(=O)C(OC)c2ccc3ccccc3c2)cc1OC1CCCC1. The summed E-state index contributed by atoms with van der Waals surface area (Å²) in [5.74, 6) is 1.34. The summed E-state index contributed by atoms with van der Waals surface area (Å²) in [5.41, 5.74) is 1.70. The van der Waals surface area contributed by atoms with Gasteiger partial charge in [-0.1, -0.05) is 36.4 Å². The Morgan fingerprint density at radius 3 is 2.53 bits per heavy atom. The maximum atomic E-state index is 12.8. The summed E-state index contributed by atoms with van der Waals surface area (Å²) in [6.45, 7) is 0.0379. The van der Waals surface area contributed by atoms with Crippen molar-refractivity contribution in [2.24, 2.45) is 4.99 Å². The van der Waals surface area contributed by atoms with Gasteiger partial charge in [-0.3, -0.25) is 9.79 Å². The molecule has 1 atom stereocenters. The van der Waals surface area contributed by atoms with Gasteiger partial charge in [0, 0.05) is 13.3 Å². The van der Waals surface area contributed by atoms with Crippen molar-refractivity contribution in [1.82, 2.24) is 0 Å². The van der Waals surface area contributed by atoms with Crippen molar-refractivity contribution in [3.8, 4) is 11.5 Å². The predicted octanol–water partition coefficient (Wildman–Crippen LogP) is 5.55. The first-order valence-corrected chi connectivity index (χ1v) is 11.1. The van der Waals surface area contributed by atoms with E-state index >= 15 is 0 Å². The first kappa shape index (κ1) is 22.0. The van der Waals surface area contributed by atoms with Crippen molar-refractivity contribution in [2.45, 2.75) is 37.9 Å². The summed E-state index contributed by atoms with van der Waals surface area (Å²) in [4.78, 5) is 17.2. The van der Waals surface area contributed by atoms with Gasteiger partial charge in [-0.25, -0.2) is 0 Å². The zero-order valence-electron chi connectivity index (χ0n) is 18.6. The molecule has 0 saturated heterocycles. The molecule has 0 heterocycles. The van der Waals surface area contributed by atoms with Crippen molar-refractivity contribution in [1.29, 1.82) is 0 Å². The number of benzene rings is 3. The lowest BCUT2D eigenvalue weighted by molar-refractivity contribution is -0.127. The fourth-order valence-electron chi connectivity index (χ4n) is 4.20. The molecule has 5 nitrogen and oxygen atoms in total. The van der Waals surface area contributed by atoms with E-state index in [0.717, 1.165) is 40.5 Å². The van der Waals surface area contributed by atoms with Gasteiger partial charge in [0.05, 0.1) is 13.2 Å². The molecule has 0 bridgehead atoms. The average molecular weight is 432 g/mol. The Morgan fingerprint density at radius 2 is 1.78 bits per heavy atom. The number of ether oxygens (including phenoxy) is 3. The van der Waals surface area contributed by atoms with Crippen LogP contribution < -0.4 is 9.47 Å². The van der Waals surface area contributed by atoms with Crippen molar-refractivity contribution >= 4 is 22.8 Å². The Labute approximate surface area is 189 Å². The van der Waals surface area contributed by atoms with Gasteiger partial charge in [0.1, 0.15) is 12.6 Å². The molecule has 0 aromatic heterocycles. The zero-order valence-corrected chi connectivity index (χ0v) is 18.6. The van der Waals surface area contributed by atoms with Gasteiger partial charge >= 0.3 is 0 Å². The van der Waals surface area contributed by atoms with E-state index in [-0.39, 0.29) is 18.4 Å². The summed E-state index contributed by atoms with van der Waals surface area (Å²) < 4.78 is 17.1. The number of rotatable bonds is 9. The Hall–Kier alpha value is -3.18. The van der Waals surface area contributed by atoms with Crippen LogP contribution in [0.15, 0.2) is 65.7 Å². The maximum Gasteiger partial charge on any atom is 0.187 e. The molecule has 0 N–H and O–H groups in total. The highest BCUT2D eigenvalue weighted by atomic mass is 16.5. The van der Waals surface area contributed by atoms with Crippen LogP contribution in [0.2, 0.25) is 0 Å². The molecule has 1 saturated carbocycles. The minimum Gasteiger partial charge on any atom is -0.493 e. The summed E-state index contributed by atoms with van der Waals surface area (Å²) in [6, 6.07) is 19.7. The number of carbonyl (C=O) groups is 1. The predicted molar refractivity (Wildman–Crippen MR) is 127 cm³/mol. The molecule has 166 valence electrons. The third kappa shape index (κ3) is 5.17. The zero-order chi connectivity index (χ0) is 22.3. The molecule has 0 spiro atoms. The smallest absolute Gasteiger partial charge is 0.187 e. The van der Waals surface area contributed by atoms with Crippen LogP contribution in [0.1, 0.15) is 42.9 Å². The highest BCUT2D eigenvalue weighted by molar-refractivity contribution is 5.91. The van der Waals surface area contributed by atoms with E-state index in [0.29, 0.717) is 5.75 Å². The molecule has 5 heteroatoms. The monoisotopic (exact) mass is 431 g/mol. The average Bonchev–Trinajstić information content (AvgIpc) is 3.33. The molecule has 0 aliphatic heterocycles. The van der Waals surface area contributed by atoms with E-state index < -0.39 is 6.10 Å². The second-order valence-electron chi connectivity index (χ2n) is 8.09. The first-order chi connectivity index (χ1) is 15.7.